The lowest BCUT2D eigenvalue weighted by molar-refractivity contribution is 0.104. The normalized spacial score (nSPS) is 10.4. The number of carbonyl (C=O) groups excluding carboxylic acids is 1. The van der Waals surface area contributed by atoms with Crippen LogP contribution in [0.25, 0.3) is 6.08 Å². The minimum Gasteiger partial charge on any atom is -0.288 e. The van der Waals surface area contributed by atoms with Gasteiger partial charge in [0.2, 0.25) is 5.78 Å². The van der Waals surface area contributed by atoms with Gasteiger partial charge < -0.3 is 0 Å². The van der Waals surface area contributed by atoms with Crippen molar-refractivity contribution < 1.29 is 4.79 Å². The maximum atomic E-state index is 12.4. The van der Waals surface area contributed by atoms with Crippen molar-refractivity contribution in [2.24, 2.45) is 0 Å². The molecular weight excluding hydrogens is 326 g/mol. The van der Waals surface area contributed by atoms with E-state index in [0.29, 0.717) is 5.56 Å². The first-order chi connectivity index (χ1) is 12.3. The van der Waals surface area contributed by atoms with E-state index in [1.165, 1.54) is 11.3 Å². The second kappa shape index (κ2) is 7.93. The second-order valence-corrected chi connectivity index (χ2v) is 6.30. The van der Waals surface area contributed by atoms with Gasteiger partial charge in [-0.25, -0.2) is 0 Å². The third-order valence-electron chi connectivity index (χ3n) is 3.42. The van der Waals surface area contributed by atoms with Gasteiger partial charge >= 0.3 is 0 Å². The van der Waals surface area contributed by atoms with Crippen LogP contribution < -0.4 is 0 Å². The van der Waals surface area contributed by atoms with Gasteiger partial charge in [0.25, 0.3) is 0 Å². The number of allylic oxidation sites excluding steroid dienone is 1. The van der Waals surface area contributed by atoms with Crippen molar-refractivity contribution in [2.45, 2.75) is 0 Å². The zero-order valence-corrected chi connectivity index (χ0v) is 14.1. The van der Waals surface area contributed by atoms with E-state index in [1.807, 2.05) is 54.6 Å². The molecule has 25 heavy (non-hydrogen) atoms. The molecule has 3 rings (SSSR count). The molecule has 3 heteroatoms. The van der Waals surface area contributed by atoms with Gasteiger partial charge in [0.15, 0.2) is 0 Å². The van der Waals surface area contributed by atoms with Gasteiger partial charge in [0.05, 0.1) is 4.88 Å². The molecule has 2 nitrogen and oxygen atoms in total. The van der Waals surface area contributed by atoms with Crippen LogP contribution >= 0.6 is 11.3 Å². The topological polar surface area (TPSA) is 40.9 Å². The summed E-state index contributed by atoms with van der Waals surface area (Å²) in [6, 6.07) is 24.3. The predicted molar refractivity (Wildman–Crippen MR) is 101 cm³/mol. The molecule has 0 bridgehead atoms. The summed E-state index contributed by atoms with van der Waals surface area (Å²) < 4.78 is 0. The fourth-order valence-corrected chi connectivity index (χ4v) is 2.99. The quantitative estimate of drug-likeness (QED) is 0.293. The number of carbonyl (C=O) groups is 1. The average Bonchev–Trinajstić information content (AvgIpc) is 3.13. The van der Waals surface area contributed by atoms with Crippen LogP contribution in [-0.2, 0) is 0 Å². The number of hydrogen-bond acceptors (Lipinski definition) is 3. The molecule has 0 aliphatic carbocycles. The summed E-state index contributed by atoms with van der Waals surface area (Å²) in [7, 11) is 0. The van der Waals surface area contributed by atoms with Gasteiger partial charge in [0.1, 0.15) is 11.6 Å². The highest BCUT2D eigenvalue weighted by Crippen LogP contribution is 2.20. The number of ketones is 1. The first-order valence-electron chi connectivity index (χ1n) is 7.65. The Bertz CT molecular complexity index is 1010. The molecule has 0 radical (unpaired) electrons. The number of rotatable bonds is 3. The van der Waals surface area contributed by atoms with Crippen molar-refractivity contribution >= 4 is 23.2 Å². The molecule has 0 unspecified atom stereocenters. The van der Waals surface area contributed by atoms with Crippen molar-refractivity contribution in [2.75, 3.05) is 0 Å². The summed E-state index contributed by atoms with van der Waals surface area (Å²) in [5.74, 6) is 5.93. The lowest BCUT2D eigenvalue weighted by Crippen LogP contribution is -2.01. The van der Waals surface area contributed by atoms with Crippen molar-refractivity contribution in [1.82, 2.24) is 0 Å². The van der Waals surface area contributed by atoms with Crippen LogP contribution in [0.4, 0.5) is 0 Å². The molecule has 2 aromatic carbocycles. The summed E-state index contributed by atoms with van der Waals surface area (Å²) in [5, 5.41) is 9.32. The molecule has 1 heterocycles. The number of benzene rings is 2. The van der Waals surface area contributed by atoms with Gasteiger partial charge in [-0.3, -0.25) is 4.79 Å². The Morgan fingerprint density at radius 1 is 0.880 bits per heavy atom. The van der Waals surface area contributed by atoms with Gasteiger partial charge in [0, 0.05) is 16.0 Å². The van der Waals surface area contributed by atoms with Crippen molar-refractivity contribution in [3.05, 3.63) is 99.3 Å². The Hall–Kier alpha value is -3.40. The molecular formula is C22H13NOS. The number of Topliss-reactive ketones (excluding diaryl/α,β-unsaturated/α-hetero) is 1. The second-order valence-electron chi connectivity index (χ2n) is 5.18. The standard InChI is InChI=1S/C22H13NOS/c23-16-19(22(24)18-9-5-2-6-10-18)15-21-14-13-20(25-21)12-11-17-7-3-1-4-8-17/h1-10,13-15H. The minimum absolute atomic E-state index is 0.121. The highest BCUT2D eigenvalue weighted by Gasteiger charge is 2.11. The first-order valence-corrected chi connectivity index (χ1v) is 8.46. The van der Waals surface area contributed by atoms with E-state index in [9.17, 15) is 10.1 Å². The van der Waals surface area contributed by atoms with Gasteiger partial charge in [-0.05, 0) is 30.3 Å². The fourth-order valence-electron chi connectivity index (χ4n) is 2.19. The molecule has 0 aliphatic rings. The molecule has 3 aromatic rings. The molecule has 0 fully saturated rings. The van der Waals surface area contributed by atoms with E-state index in [4.69, 9.17) is 0 Å². The van der Waals surface area contributed by atoms with E-state index in [-0.39, 0.29) is 11.4 Å². The summed E-state index contributed by atoms with van der Waals surface area (Å²) >= 11 is 1.46. The van der Waals surface area contributed by atoms with Crippen LogP contribution in [0.3, 0.4) is 0 Å². The third kappa shape index (κ3) is 4.32. The lowest BCUT2D eigenvalue weighted by Gasteiger charge is -1.97. The van der Waals surface area contributed by atoms with E-state index >= 15 is 0 Å². The number of nitriles is 1. The van der Waals surface area contributed by atoms with Crippen LogP contribution in [-0.4, -0.2) is 5.78 Å². The van der Waals surface area contributed by atoms with Crippen molar-refractivity contribution in [3.8, 4) is 17.9 Å². The molecule has 0 spiro atoms. The van der Waals surface area contributed by atoms with Crippen LogP contribution in [0.5, 0.6) is 0 Å². The minimum atomic E-state index is -0.270. The molecule has 1 aromatic heterocycles. The molecule has 0 saturated heterocycles. The summed E-state index contributed by atoms with van der Waals surface area (Å²) in [5.41, 5.74) is 1.58. The first kappa shape index (κ1) is 16.5. The van der Waals surface area contributed by atoms with E-state index < -0.39 is 0 Å². The van der Waals surface area contributed by atoms with Crippen molar-refractivity contribution in [3.63, 3.8) is 0 Å². The number of hydrogen-bond donors (Lipinski definition) is 0. The highest BCUT2D eigenvalue weighted by atomic mass is 32.1. The van der Waals surface area contributed by atoms with Gasteiger partial charge in [-0.1, -0.05) is 60.4 Å². The van der Waals surface area contributed by atoms with E-state index in [1.54, 1.807) is 30.3 Å². The summed E-state index contributed by atoms with van der Waals surface area (Å²) in [6.07, 6.45) is 1.62. The van der Waals surface area contributed by atoms with E-state index in [0.717, 1.165) is 15.3 Å². The smallest absolute Gasteiger partial charge is 0.203 e. The van der Waals surface area contributed by atoms with Crippen LogP contribution in [0.15, 0.2) is 78.4 Å². The molecule has 118 valence electrons. The Morgan fingerprint density at radius 3 is 2.24 bits per heavy atom. The lowest BCUT2D eigenvalue weighted by atomic mass is 10.0. The SMILES string of the molecule is N#CC(=Cc1ccc(C#Cc2ccccc2)s1)C(=O)c1ccccc1. The largest absolute Gasteiger partial charge is 0.288 e. The zero-order chi connectivity index (χ0) is 17.5. The van der Waals surface area contributed by atoms with Crippen LogP contribution in [0.2, 0.25) is 0 Å². The average molecular weight is 339 g/mol. The van der Waals surface area contributed by atoms with Crippen molar-refractivity contribution in [1.29, 1.82) is 5.26 Å². The predicted octanol–water partition coefficient (Wildman–Crippen LogP) is 4.94. The Balaban J connectivity index is 1.82. The van der Waals surface area contributed by atoms with Crippen LogP contribution in [0, 0.1) is 23.2 Å². The van der Waals surface area contributed by atoms with Gasteiger partial charge in [-0.15, -0.1) is 11.3 Å². The maximum Gasteiger partial charge on any atom is 0.203 e. The molecule has 0 saturated carbocycles. The number of nitrogens with zero attached hydrogens (tertiary/aromatic N) is 1. The van der Waals surface area contributed by atoms with Gasteiger partial charge in [-0.2, -0.15) is 5.26 Å². The summed E-state index contributed by atoms with van der Waals surface area (Å²) in [6.45, 7) is 0. The maximum absolute atomic E-state index is 12.4. The Morgan fingerprint density at radius 2 is 1.56 bits per heavy atom. The fraction of sp³-hybridized carbons (Fsp3) is 0. The molecule has 0 N–H and O–H groups in total. The highest BCUT2D eigenvalue weighted by molar-refractivity contribution is 7.13. The molecule has 0 atom stereocenters. The molecule has 0 aliphatic heterocycles. The Kier molecular flexibility index (Phi) is 5.22. The van der Waals surface area contributed by atoms with E-state index in [2.05, 4.69) is 11.8 Å². The third-order valence-corrected chi connectivity index (χ3v) is 4.37. The number of thiophene rings is 1. The summed E-state index contributed by atoms with van der Waals surface area (Å²) in [4.78, 5) is 14.1. The molecule has 0 amide bonds. The Labute approximate surface area is 150 Å². The zero-order valence-electron chi connectivity index (χ0n) is 13.3. The monoisotopic (exact) mass is 339 g/mol. The van der Waals surface area contributed by atoms with Crippen LogP contribution in [0.1, 0.15) is 25.7 Å².